The van der Waals surface area contributed by atoms with E-state index in [0.29, 0.717) is 0 Å². The summed E-state index contributed by atoms with van der Waals surface area (Å²) in [5.74, 6) is 0. The highest BCUT2D eigenvalue weighted by atomic mass is 15.1. The van der Waals surface area contributed by atoms with E-state index >= 15 is 0 Å². The van der Waals surface area contributed by atoms with Crippen LogP contribution in [0, 0.1) is 0 Å². The monoisotopic (exact) mass is 148 g/mol. The minimum Gasteiger partial charge on any atom is -0.265 e. The van der Waals surface area contributed by atoms with Gasteiger partial charge < -0.3 is 0 Å². The van der Waals surface area contributed by atoms with Crippen LogP contribution < -0.4 is 0 Å². The Labute approximate surface area is 64.5 Å². The number of nitrogens with zero attached hydrogens (tertiary/aromatic N) is 4. The normalized spacial score (nSPS) is 11.7. The van der Waals surface area contributed by atoms with Crippen LogP contribution >= 0.6 is 0 Å². The zero-order chi connectivity index (χ0) is 8.10. The molecule has 1 atom stereocenters. The zero-order valence-electron chi connectivity index (χ0n) is 6.18. The van der Waals surface area contributed by atoms with E-state index in [0.717, 1.165) is 5.56 Å². The first-order chi connectivity index (χ1) is 5.34. The Morgan fingerprint density at radius 2 is 2.18 bits per heavy atom. The van der Waals surface area contributed by atoms with Crippen LogP contribution in [0.2, 0.25) is 0 Å². The lowest BCUT2D eigenvalue weighted by Crippen LogP contribution is -1.86. The lowest BCUT2D eigenvalue weighted by molar-refractivity contribution is 0.805. The van der Waals surface area contributed by atoms with Gasteiger partial charge >= 0.3 is 0 Å². The molecule has 1 heterocycles. The van der Waals surface area contributed by atoms with Crippen molar-refractivity contribution in [1.29, 1.82) is 0 Å². The van der Waals surface area contributed by atoms with Gasteiger partial charge in [0.25, 0.3) is 0 Å². The summed E-state index contributed by atoms with van der Waals surface area (Å²) in [6.07, 6.45) is 3.36. The maximum Gasteiger partial charge on any atom is 0.0598 e. The third-order valence-electron chi connectivity index (χ3n) is 1.41. The molecule has 0 aromatic carbocycles. The largest absolute Gasteiger partial charge is 0.265 e. The summed E-state index contributed by atoms with van der Waals surface area (Å²) in [4.78, 5) is 6.57. The molecular weight excluding hydrogens is 140 g/mol. The highest BCUT2D eigenvalue weighted by Gasteiger charge is 1.99. The van der Waals surface area contributed by atoms with Crippen molar-refractivity contribution in [3.63, 3.8) is 0 Å². The fraction of sp³-hybridized carbons (Fsp3) is 0.286. The van der Waals surface area contributed by atoms with Gasteiger partial charge in [-0.25, -0.2) is 0 Å². The van der Waals surface area contributed by atoms with Gasteiger partial charge in [-0.3, -0.25) is 4.98 Å². The molecule has 0 saturated heterocycles. The highest BCUT2D eigenvalue weighted by molar-refractivity contribution is 5.13. The van der Waals surface area contributed by atoms with Crippen LogP contribution in [0.4, 0.5) is 0 Å². The summed E-state index contributed by atoms with van der Waals surface area (Å²) >= 11 is 0. The SMILES string of the molecule is C[C@@H](N=[N+]=[N-])c1ccncc1. The molecule has 0 fully saturated rings. The van der Waals surface area contributed by atoms with Gasteiger partial charge in [0.1, 0.15) is 0 Å². The van der Waals surface area contributed by atoms with E-state index in [-0.39, 0.29) is 6.04 Å². The topological polar surface area (TPSA) is 61.7 Å². The molecule has 56 valence electrons. The van der Waals surface area contributed by atoms with Crippen LogP contribution in [0.3, 0.4) is 0 Å². The molecule has 1 aromatic heterocycles. The number of pyridine rings is 1. The Bertz CT molecular complexity index is 263. The van der Waals surface area contributed by atoms with E-state index in [1.165, 1.54) is 0 Å². The summed E-state index contributed by atoms with van der Waals surface area (Å²) in [7, 11) is 0. The van der Waals surface area contributed by atoms with Gasteiger partial charge in [0.2, 0.25) is 0 Å². The number of hydrogen-bond donors (Lipinski definition) is 0. The van der Waals surface area contributed by atoms with E-state index in [1.54, 1.807) is 12.4 Å². The van der Waals surface area contributed by atoms with Gasteiger partial charge in [-0.15, -0.1) is 0 Å². The summed E-state index contributed by atoms with van der Waals surface area (Å²) in [6, 6.07) is 3.56. The van der Waals surface area contributed by atoms with Crippen LogP contribution in [-0.2, 0) is 0 Å². The van der Waals surface area contributed by atoms with Crippen molar-refractivity contribution in [2.45, 2.75) is 13.0 Å². The second-order valence-corrected chi connectivity index (χ2v) is 2.16. The van der Waals surface area contributed by atoms with E-state index in [2.05, 4.69) is 15.0 Å². The van der Waals surface area contributed by atoms with E-state index < -0.39 is 0 Å². The van der Waals surface area contributed by atoms with Gasteiger partial charge in [-0.05, 0) is 23.2 Å². The standard InChI is InChI=1S/C7H8N4/c1-6(10-11-8)7-2-4-9-5-3-7/h2-6H,1H3/t6-/m1/s1. The van der Waals surface area contributed by atoms with E-state index in [9.17, 15) is 0 Å². The van der Waals surface area contributed by atoms with E-state index in [1.807, 2.05) is 19.1 Å². The summed E-state index contributed by atoms with van der Waals surface area (Å²) in [5.41, 5.74) is 9.12. The quantitative estimate of drug-likeness (QED) is 0.361. The molecule has 11 heavy (non-hydrogen) atoms. The van der Waals surface area contributed by atoms with Crippen molar-refractivity contribution in [3.8, 4) is 0 Å². The molecule has 0 aliphatic rings. The second-order valence-electron chi connectivity index (χ2n) is 2.16. The molecule has 0 bridgehead atoms. The first-order valence-electron chi connectivity index (χ1n) is 3.28. The first-order valence-corrected chi connectivity index (χ1v) is 3.28. The molecule has 0 aliphatic carbocycles. The Morgan fingerprint density at radius 3 is 2.73 bits per heavy atom. The minimum absolute atomic E-state index is 0.108. The third kappa shape index (κ3) is 1.95. The number of aromatic nitrogens is 1. The maximum atomic E-state index is 8.14. The lowest BCUT2D eigenvalue weighted by Gasteiger charge is -2.01. The van der Waals surface area contributed by atoms with Crippen molar-refractivity contribution in [3.05, 3.63) is 40.5 Å². The summed E-state index contributed by atoms with van der Waals surface area (Å²) < 4.78 is 0. The predicted octanol–water partition coefficient (Wildman–Crippen LogP) is 2.45. The summed E-state index contributed by atoms with van der Waals surface area (Å²) in [6.45, 7) is 1.84. The van der Waals surface area contributed by atoms with E-state index in [4.69, 9.17) is 5.53 Å². The maximum absolute atomic E-state index is 8.14. The van der Waals surface area contributed by atoms with Crippen LogP contribution in [0.1, 0.15) is 18.5 Å². The molecule has 0 amide bonds. The second kappa shape index (κ2) is 3.58. The van der Waals surface area contributed by atoms with Crippen molar-refractivity contribution < 1.29 is 0 Å². The Hall–Kier alpha value is -1.54. The van der Waals surface area contributed by atoms with Crippen LogP contribution in [0.15, 0.2) is 29.6 Å². The van der Waals surface area contributed by atoms with Gasteiger partial charge in [0.05, 0.1) is 6.04 Å². The fourth-order valence-corrected chi connectivity index (χ4v) is 0.786. The van der Waals surface area contributed by atoms with Crippen LogP contribution in [-0.4, -0.2) is 4.98 Å². The Kier molecular flexibility index (Phi) is 2.47. The van der Waals surface area contributed by atoms with Crippen LogP contribution in [0.25, 0.3) is 10.4 Å². The van der Waals surface area contributed by atoms with Gasteiger partial charge in [-0.2, -0.15) is 0 Å². The molecule has 0 saturated carbocycles. The average molecular weight is 148 g/mol. The number of azide groups is 1. The molecule has 0 unspecified atom stereocenters. The van der Waals surface area contributed by atoms with Crippen molar-refractivity contribution >= 4 is 0 Å². The van der Waals surface area contributed by atoms with Crippen molar-refractivity contribution in [2.24, 2.45) is 5.11 Å². The fourth-order valence-electron chi connectivity index (χ4n) is 0.786. The summed E-state index contributed by atoms with van der Waals surface area (Å²) in [5, 5.41) is 3.55. The molecule has 4 nitrogen and oxygen atoms in total. The Balaban J connectivity index is 2.84. The predicted molar refractivity (Wildman–Crippen MR) is 41.8 cm³/mol. The Morgan fingerprint density at radius 1 is 1.55 bits per heavy atom. The molecule has 0 radical (unpaired) electrons. The lowest BCUT2D eigenvalue weighted by atomic mass is 10.1. The average Bonchev–Trinajstić information content (AvgIpc) is 2.07. The van der Waals surface area contributed by atoms with Crippen molar-refractivity contribution in [2.75, 3.05) is 0 Å². The van der Waals surface area contributed by atoms with Crippen molar-refractivity contribution in [1.82, 2.24) is 4.98 Å². The zero-order valence-corrected chi connectivity index (χ0v) is 6.18. The highest BCUT2D eigenvalue weighted by Crippen LogP contribution is 2.14. The van der Waals surface area contributed by atoms with Gasteiger partial charge in [0, 0.05) is 17.3 Å². The number of hydrogen-bond acceptors (Lipinski definition) is 2. The molecule has 0 aliphatic heterocycles. The smallest absolute Gasteiger partial charge is 0.0598 e. The molecule has 0 spiro atoms. The molecule has 0 N–H and O–H groups in total. The number of rotatable bonds is 2. The molecule has 1 aromatic rings. The third-order valence-corrected chi connectivity index (χ3v) is 1.41. The first kappa shape index (κ1) is 7.57. The van der Waals surface area contributed by atoms with Gasteiger partial charge in [0.15, 0.2) is 0 Å². The molecule has 4 heteroatoms. The molecule has 1 rings (SSSR count). The van der Waals surface area contributed by atoms with Crippen LogP contribution in [0.5, 0.6) is 0 Å². The molecular formula is C7H8N4. The minimum atomic E-state index is -0.108. The van der Waals surface area contributed by atoms with Gasteiger partial charge in [-0.1, -0.05) is 12.0 Å².